The first-order valence-electron chi connectivity index (χ1n) is 6.46. The molecular weight excluding hydrogens is 264 g/mol. The smallest absolute Gasteiger partial charge is 0.240 e. The van der Waals surface area contributed by atoms with Gasteiger partial charge in [-0.3, -0.25) is 0 Å². The van der Waals surface area contributed by atoms with Crippen LogP contribution < -0.4 is 4.72 Å². The normalized spacial score (nSPS) is 18.6. The summed E-state index contributed by atoms with van der Waals surface area (Å²) >= 11 is 0. The van der Waals surface area contributed by atoms with Crippen LogP contribution in [0.1, 0.15) is 18.4 Å². The van der Waals surface area contributed by atoms with E-state index in [4.69, 9.17) is 0 Å². The summed E-state index contributed by atoms with van der Waals surface area (Å²) in [6.45, 7) is 3.32. The van der Waals surface area contributed by atoms with Crippen molar-refractivity contribution in [1.82, 2.24) is 9.79 Å². The van der Waals surface area contributed by atoms with E-state index in [2.05, 4.69) is 4.72 Å². The van der Waals surface area contributed by atoms with Crippen molar-refractivity contribution in [3.8, 4) is 0 Å². The maximum atomic E-state index is 12.1. The van der Waals surface area contributed by atoms with Crippen LogP contribution in [0.25, 0.3) is 0 Å². The van der Waals surface area contributed by atoms with Crippen molar-refractivity contribution in [2.24, 2.45) is 5.92 Å². The molecule has 0 spiro atoms. The second-order valence-corrected chi connectivity index (χ2v) is 6.80. The summed E-state index contributed by atoms with van der Waals surface area (Å²) in [4.78, 5) is 0.291. The van der Waals surface area contributed by atoms with Crippen molar-refractivity contribution in [3.63, 3.8) is 0 Å². The van der Waals surface area contributed by atoms with Crippen LogP contribution in [0.5, 0.6) is 0 Å². The zero-order valence-corrected chi connectivity index (χ0v) is 11.8. The van der Waals surface area contributed by atoms with Crippen LogP contribution >= 0.6 is 0 Å². The summed E-state index contributed by atoms with van der Waals surface area (Å²) in [7, 11) is -3.43. The number of benzene rings is 1. The fourth-order valence-electron chi connectivity index (χ4n) is 2.14. The van der Waals surface area contributed by atoms with E-state index in [0.29, 0.717) is 24.5 Å². The van der Waals surface area contributed by atoms with Gasteiger partial charge in [-0.2, -0.15) is 0 Å². The predicted octanol–water partition coefficient (Wildman–Crippen LogP) is 1.48. The van der Waals surface area contributed by atoms with Crippen molar-refractivity contribution in [2.75, 3.05) is 19.6 Å². The third-order valence-electron chi connectivity index (χ3n) is 3.47. The number of sulfonamides is 1. The Hall–Kier alpha value is -0.950. The van der Waals surface area contributed by atoms with E-state index in [1.807, 2.05) is 6.92 Å². The van der Waals surface area contributed by atoms with E-state index in [1.165, 1.54) is 0 Å². The monoisotopic (exact) mass is 283 g/mol. The SMILES string of the molecule is Cc1ccc(S(=O)(=O)NCC2CCN([O-])CC2)cc1. The molecule has 0 amide bonds. The quantitative estimate of drug-likeness (QED) is 0.908. The molecule has 0 aromatic heterocycles. The van der Waals surface area contributed by atoms with E-state index < -0.39 is 10.0 Å². The number of hydrogen-bond acceptors (Lipinski definition) is 4. The van der Waals surface area contributed by atoms with E-state index in [-0.39, 0.29) is 5.92 Å². The van der Waals surface area contributed by atoms with Crippen LogP contribution in [0.15, 0.2) is 29.2 Å². The molecular formula is C13H19N2O3S-. The molecule has 1 aliphatic rings. The molecule has 0 unspecified atom stereocenters. The number of rotatable bonds is 4. The molecule has 1 aromatic carbocycles. The van der Waals surface area contributed by atoms with Crippen LogP contribution in [0.3, 0.4) is 0 Å². The highest BCUT2D eigenvalue weighted by atomic mass is 32.2. The Kier molecular flexibility index (Phi) is 4.57. The number of piperidine rings is 1. The third kappa shape index (κ3) is 4.01. The van der Waals surface area contributed by atoms with Gasteiger partial charge in [-0.25, -0.2) is 13.1 Å². The number of aryl methyl sites for hydroxylation is 1. The molecule has 5 nitrogen and oxygen atoms in total. The molecule has 1 saturated heterocycles. The predicted molar refractivity (Wildman–Crippen MR) is 74.0 cm³/mol. The number of hydroxylamine groups is 2. The largest absolute Gasteiger partial charge is 0.785 e. The van der Waals surface area contributed by atoms with E-state index in [0.717, 1.165) is 23.5 Å². The second-order valence-electron chi connectivity index (χ2n) is 5.04. The number of nitrogens with zero attached hydrogens (tertiary/aromatic N) is 1. The van der Waals surface area contributed by atoms with Crippen LogP contribution in [0.4, 0.5) is 0 Å². The van der Waals surface area contributed by atoms with Gasteiger partial charge in [0, 0.05) is 6.54 Å². The maximum Gasteiger partial charge on any atom is 0.240 e. The van der Waals surface area contributed by atoms with Crippen LogP contribution in [-0.2, 0) is 10.0 Å². The van der Waals surface area contributed by atoms with Crippen LogP contribution in [0.2, 0.25) is 0 Å². The molecule has 2 rings (SSSR count). The van der Waals surface area contributed by atoms with E-state index in [1.54, 1.807) is 24.3 Å². The Balaban J connectivity index is 1.92. The lowest BCUT2D eigenvalue weighted by atomic mass is 9.98. The first-order chi connectivity index (χ1) is 8.97. The first-order valence-corrected chi connectivity index (χ1v) is 7.94. The topological polar surface area (TPSA) is 72.5 Å². The van der Waals surface area contributed by atoms with Gasteiger partial charge in [0.2, 0.25) is 10.0 Å². The number of hydrogen-bond donors (Lipinski definition) is 1. The van der Waals surface area contributed by atoms with Gasteiger partial charge in [0.05, 0.1) is 4.90 Å². The molecule has 1 heterocycles. The van der Waals surface area contributed by atoms with Crippen LogP contribution in [-0.4, -0.2) is 33.1 Å². The summed E-state index contributed by atoms with van der Waals surface area (Å²) in [5, 5.41) is 12.1. The van der Waals surface area contributed by atoms with Crippen molar-refractivity contribution < 1.29 is 8.42 Å². The summed E-state index contributed by atoms with van der Waals surface area (Å²) < 4.78 is 26.8. The zero-order chi connectivity index (χ0) is 13.9. The molecule has 0 radical (unpaired) electrons. The average Bonchev–Trinajstić information content (AvgIpc) is 2.39. The molecule has 6 heteroatoms. The fourth-order valence-corrected chi connectivity index (χ4v) is 3.26. The second kappa shape index (κ2) is 6.00. The molecule has 1 aliphatic heterocycles. The van der Waals surface area contributed by atoms with Gasteiger partial charge in [-0.1, -0.05) is 17.7 Å². The summed E-state index contributed by atoms with van der Waals surface area (Å²) in [5.74, 6) is 0.255. The lowest BCUT2D eigenvalue weighted by Crippen LogP contribution is -2.36. The maximum absolute atomic E-state index is 12.1. The van der Waals surface area contributed by atoms with Crippen LogP contribution in [0, 0.1) is 18.0 Å². The molecule has 1 N–H and O–H groups in total. The lowest BCUT2D eigenvalue weighted by Gasteiger charge is -2.36. The molecule has 1 fully saturated rings. The van der Waals surface area contributed by atoms with E-state index >= 15 is 0 Å². The van der Waals surface area contributed by atoms with Crippen molar-refractivity contribution in [3.05, 3.63) is 35.0 Å². The Bertz CT molecular complexity index is 505. The summed E-state index contributed by atoms with van der Waals surface area (Å²) in [5.41, 5.74) is 1.03. The average molecular weight is 283 g/mol. The minimum absolute atomic E-state index is 0.255. The minimum atomic E-state index is -3.43. The van der Waals surface area contributed by atoms with Gasteiger partial charge in [0.25, 0.3) is 0 Å². The third-order valence-corrected chi connectivity index (χ3v) is 4.91. The summed E-state index contributed by atoms with van der Waals surface area (Å²) in [6, 6.07) is 6.78. The fraction of sp³-hybridized carbons (Fsp3) is 0.538. The van der Waals surface area contributed by atoms with E-state index in [9.17, 15) is 13.6 Å². The molecule has 0 saturated carbocycles. The Morgan fingerprint density at radius 3 is 2.42 bits per heavy atom. The van der Waals surface area contributed by atoms with Crippen molar-refractivity contribution in [2.45, 2.75) is 24.7 Å². The number of nitrogens with one attached hydrogen (secondary N) is 1. The molecule has 0 aliphatic carbocycles. The Morgan fingerprint density at radius 1 is 1.26 bits per heavy atom. The van der Waals surface area contributed by atoms with Gasteiger partial charge in [0.15, 0.2) is 0 Å². The molecule has 1 aromatic rings. The standard InChI is InChI=1S/C13H19N2O3S/c1-11-2-4-13(5-3-11)19(17,18)14-10-12-6-8-15(16)9-7-12/h2-5,12,14H,6-10H2,1H3/q-1. The molecule has 0 bridgehead atoms. The Labute approximate surface area is 114 Å². The molecule has 0 atom stereocenters. The van der Waals surface area contributed by atoms with Gasteiger partial charge < -0.3 is 10.3 Å². The first kappa shape index (κ1) is 14.5. The minimum Gasteiger partial charge on any atom is -0.785 e. The van der Waals surface area contributed by atoms with Gasteiger partial charge in [-0.05, 0) is 50.9 Å². The summed E-state index contributed by atoms with van der Waals surface area (Å²) in [6.07, 6.45) is 1.50. The van der Waals surface area contributed by atoms with Crippen molar-refractivity contribution in [1.29, 1.82) is 0 Å². The highest BCUT2D eigenvalue weighted by Gasteiger charge is 2.19. The highest BCUT2D eigenvalue weighted by Crippen LogP contribution is 2.16. The molecule has 106 valence electrons. The van der Waals surface area contributed by atoms with Gasteiger partial charge in [0.1, 0.15) is 0 Å². The molecule has 19 heavy (non-hydrogen) atoms. The zero-order valence-electron chi connectivity index (χ0n) is 11.0. The van der Waals surface area contributed by atoms with Gasteiger partial charge >= 0.3 is 0 Å². The highest BCUT2D eigenvalue weighted by molar-refractivity contribution is 7.89. The Morgan fingerprint density at radius 2 is 1.84 bits per heavy atom. The van der Waals surface area contributed by atoms with Gasteiger partial charge in [-0.15, -0.1) is 0 Å². The van der Waals surface area contributed by atoms with Crippen molar-refractivity contribution >= 4 is 10.0 Å². The lowest BCUT2D eigenvalue weighted by molar-refractivity contribution is 0.245.